The lowest BCUT2D eigenvalue weighted by atomic mass is 9.89. The molecule has 0 radical (unpaired) electrons. The number of carboxylic acid groups (broad SMARTS) is 1. The highest BCUT2D eigenvalue weighted by atomic mass is 35.5. The third-order valence-electron chi connectivity index (χ3n) is 7.99. The maximum absolute atomic E-state index is 13.0. The molecule has 45 heavy (non-hydrogen) atoms. The fraction of sp³-hybridized carbons (Fsp3) is 0.343. The number of likely N-dealkylation sites (tertiary alicyclic amines) is 1. The van der Waals surface area contributed by atoms with Crippen LogP contribution in [-0.4, -0.2) is 52.3 Å². The number of aromatic nitrogens is 2. The number of hydrogen-bond donors (Lipinski definition) is 2. The number of piperidine rings is 1. The van der Waals surface area contributed by atoms with Crippen LogP contribution in [0.4, 0.5) is 22.2 Å². The zero-order chi connectivity index (χ0) is 31.9. The van der Waals surface area contributed by atoms with Gasteiger partial charge in [0.25, 0.3) is 0 Å². The van der Waals surface area contributed by atoms with Crippen molar-refractivity contribution in [2.75, 3.05) is 36.5 Å². The van der Waals surface area contributed by atoms with Crippen LogP contribution in [0.25, 0.3) is 0 Å². The van der Waals surface area contributed by atoms with Gasteiger partial charge in [0, 0.05) is 34.5 Å². The minimum atomic E-state index is -1.18. The van der Waals surface area contributed by atoms with Crippen LogP contribution < -0.4 is 15.0 Å². The molecule has 1 aromatic heterocycles. The fourth-order valence-corrected chi connectivity index (χ4v) is 6.68. The molecule has 4 aromatic rings. The Balaban J connectivity index is 1.40. The molecule has 1 fully saturated rings. The van der Waals surface area contributed by atoms with Crippen molar-refractivity contribution in [3.63, 3.8) is 0 Å². The summed E-state index contributed by atoms with van der Waals surface area (Å²) in [6.45, 7) is 10.00. The number of nitrogens with zero attached hydrogens (tertiary/aromatic N) is 4. The number of anilines is 3. The van der Waals surface area contributed by atoms with Gasteiger partial charge in [0.1, 0.15) is 11.6 Å². The normalized spacial score (nSPS) is 14.2. The Hall–Kier alpha value is -3.85. The number of nitrogens with one attached hydrogen (secondary N) is 1. The summed E-state index contributed by atoms with van der Waals surface area (Å²) in [5.74, 6) is 1.19. The van der Waals surface area contributed by atoms with Gasteiger partial charge in [0.15, 0.2) is 0 Å². The summed E-state index contributed by atoms with van der Waals surface area (Å²) in [6.07, 6.45) is 5.22. The average molecular weight is 649 g/mol. The summed E-state index contributed by atoms with van der Waals surface area (Å²) >= 11 is 12.8. The molecule has 8 nitrogen and oxygen atoms in total. The molecular formula is C35H39Cl2N5O3. The van der Waals surface area contributed by atoms with E-state index in [0.29, 0.717) is 22.2 Å². The molecule has 1 aliphatic heterocycles. The lowest BCUT2D eigenvalue weighted by Gasteiger charge is -2.32. The smallest absolute Gasteiger partial charge is 0.413 e. The third kappa shape index (κ3) is 8.45. The maximum Gasteiger partial charge on any atom is 0.413 e. The highest BCUT2D eigenvalue weighted by Crippen LogP contribution is 2.38. The molecule has 1 saturated heterocycles. The van der Waals surface area contributed by atoms with Gasteiger partial charge < -0.3 is 20.1 Å². The molecule has 236 valence electrons. The van der Waals surface area contributed by atoms with Gasteiger partial charge >= 0.3 is 6.09 Å². The molecule has 2 N–H and O–H groups in total. The quantitative estimate of drug-likeness (QED) is 0.157. The van der Waals surface area contributed by atoms with E-state index in [1.165, 1.54) is 37.3 Å². The van der Waals surface area contributed by atoms with E-state index in [4.69, 9.17) is 27.9 Å². The second kappa shape index (κ2) is 15.0. The van der Waals surface area contributed by atoms with Crippen LogP contribution in [0.5, 0.6) is 5.75 Å². The highest BCUT2D eigenvalue weighted by molar-refractivity contribution is 6.34. The van der Waals surface area contributed by atoms with E-state index in [-0.39, 0.29) is 11.8 Å². The van der Waals surface area contributed by atoms with Gasteiger partial charge in [-0.3, -0.25) is 0 Å². The SMILES string of the molecule is Cc1cc(C)c(C(c2cc(Cl)cc(Cl)c2)N(C(=O)O)c2ccnc(Nc3cccc(OCCCN4CCCCC4)c3)n2)c(C)c1. The Kier molecular flexibility index (Phi) is 10.8. The summed E-state index contributed by atoms with van der Waals surface area (Å²) in [6, 6.07) is 17.6. The van der Waals surface area contributed by atoms with Crippen molar-refractivity contribution in [3.05, 3.63) is 105 Å². The van der Waals surface area contributed by atoms with Crippen LogP contribution in [0.1, 0.15) is 59.5 Å². The van der Waals surface area contributed by atoms with Gasteiger partial charge in [-0.2, -0.15) is 4.98 Å². The maximum atomic E-state index is 13.0. The van der Waals surface area contributed by atoms with Crippen molar-refractivity contribution < 1.29 is 14.6 Å². The standard InChI is InChI=1S/C35H39Cl2N5O3/c1-23-17-24(2)32(25(3)18-23)33(26-19-27(36)21-28(37)20-26)42(35(43)44)31-11-12-38-34(40-31)39-29-9-7-10-30(22-29)45-16-8-15-41-13-5-4-6-14-41/h7,9-12,17-22,33H,4-6,8,13-16H2,1-3H3,(H,43,44)(H,38,39,40). The molecular weight excluding hydrogens is 609 g/mol. The van der Waals surface area contributed by atoms with Gasteiger partial charge in [0.2, 0.25) is 5.95 Å². The van der Waals surface area contributed by atoms with Crippen molar-refractivity contribution in [2.45, 2.75) is 52.5 Å². The number of halogens is 2. The molecule has 1 unspecified atom stereocenters. The van der Waals surface area contributed by atoms with Gasteiger partial charge in [-0.1, -0.05) is 53.4 Å². The van der Waals surface area contributed by atoms with Crippen LogP contribution in [0.2, 0.25) is 10.0 Å². The first-order chi connectivity index (χ1) is 21.7. The van der Waals surface area contributed by atoms with Gasteiger partial charge in [-0.15, -0.1) is 0 Å². The van der Waals surface area contributed by atoms with Crippen molar-refractivity contribution >= 4 is 46.7 Å². The van der Waals surface area contributed by atoms with Crippen LogP contribution in [0.3, 0.4) is 0 Å². The zero-order valence-corrected chi connectivity index (χ0v) is 27.4. The van der Waals surface area contributed by atoms with E-state index < -0.39 is 12.1 Å². The van der Waals surface area contributed by atoms with Crippen molar-refractivity contribution in [2.24, 2.45) is 0 Å². The summed E-state index contributed by atoms with van der Waals surface area (Å²) < 4.78 is 6.03. The van der Waals surface area contributed by atoms with Crippen LogP contribution in [0.15, 0.2) is 66.9 Å². The largest absolute Gasteiger partial charge is 0.493 e. The molecule has 2 heterocycles. The monoisotopic (exact) mass is 647 g/mol. The first-order valence-corrected chi connectivity index (χ1v) is 16.0. The Morgan fingerprint density at radius 2 is 1.71 bits per heavy atom. The third-order valence-corrected chi connectivity index (χ3v) is 8.43. The molecule has 5 rings (SSSR count). The highest BCUT2D eigenvalue weighted by Gasteiger charge is 2.32. The van der Waals surface area contributed by atoms with E-state index in [2.05, 4.69) is 20.2 Å². The number of amides is 1. The number of carbonyl (C=O) groups is 1. The van der Waals surface area contributed by atoms with Crippen molar-refractivity contribution in [1.82, 2.24) is 14.9 Å². The topological polar surface area (TPSA) is 90.8 Å². The van der Waals surface area contributed by atoms with Gasteiger partial charge in [-0.05, 0) is 112 Å². The predicted octanol–water partition coefficient (Wildman–Crippen LogP) is 8.98. The molecule has 3 aromatic carbocycles. The van der Waals surface area contributed by atoms with Crippen LogP contribution >= 0.6 is 23.2 Å². The minimum Gasteiger partial charge on any atom is -0.493 e. The molecule has 0 saturated carbocycles. The number of benzene rings is 3. The molecule has 10 heteroatoms. The van der Waals surface area contributed by atoms with Gasteiger partial charge in [-0.25, -0.2) is 14.7 Å². The lowest BCUT2D eigenvalue weighted by molar-refractivity contribution is 0.200. The van der Waals surface area contributed by atoms with E-state index in [1.807, 2.05) is 57.2 Å². The zero-order valence-electron chi connectivity index (χ0n) is 25.9. The first kappa shape index (κ1) is 32.5. The summed E-state index contributed by atoms with van der Waals surface area (Å²) in [4.78, 5) is 25.8. The summed E-state index contributed by atoms with van der Waals surface area (Å²) in [5, 5.41) is 14.7. The lowest BCUT2D eigenvalue weighted by Crippen LogP contribution is -2.36. The minimum absolute atomic E-state index is 0.200. The predicted molar refractivity (Wildman–Crippen MR) is 182 cm³/mol. The van der Waals surface area contributed by atoms with Crippen molar-refractivity contribution in [3.8, 4) is 5.75 Å². The van der Waals surface area contributed by atoms with Crippen LogP contribution in [0, 0.1) is 20.8 Å². The number of aryl methyl sites for hydroxylation is 3. The Bertz CT molecular complexity index is 1600. The van der Waals surface area contributed by atoms with Crippen LogP contribution in [-0.2, 0) is 0 Å². The molecule has 1 amide bonds. The van der Waals surface area contributed by atoms with Crippen molar-refractivity contribution in [1.29, 1.82) is 0 Å². The summed E-state index contributed by atoms with van der Waals surface area (Å²) in [5.41, 5.74) is 5.16. The van der Waals surface area contributed by atoms with E-state index in [0.717, 1.165) is 46.7 Å². The molecule has 0 bridgehead atoms. The van der Waals surface area contributed by atoms with E-state index in [9.17, 15) is 9.90 Å². The molecule has 0 aliphatic carbocycles. The fourth-order valence-electron chi connectivity index (χ4n) is 6.14. The number of rotatable bonds is 11. The second-order valence-electron chi connectivity index (χ2n) is 11.6. The molecule has 0 spiro atoms. The first-order valence-electron chi connectivity index (χ1n) is 15.3. The number of ether oxygens (including phenoxy) is 1. The molecule has 1 atom stereocenters. The molecule has 1 aliphatic rings. The second-order valence-corrected chi connectivity index (χ2v) is 12.4. The Morgan fingerprint density at radius 3 is 2.40 bits per heavy atom. The number of hydrogen-bond acceptors (Lipinski definition) is 6. The Morgan fingerprint density at radius 1 is 1.00 bits per heavy atom. The van der Waals surface area contributed by atoms with E-state index in [1.54, 1.807) is 30.5 Å². The Labute approximate surface area is 275 Å². The average Bonchev–Trinajstić information content (AvgIpc) is 2.99. The van der Waals surface area contributed by atoms with Gasteiger partial charge in [0.05, 0.1) is 12.6 Å². The summed E-state index contributed by atoms with van der Waals surface area (Å²) in [7, 11) is 0. The van der Waals surface area contributed by atoms with E-state index >= 15 is 0 Å².